The molecule has 3 aliphatic rings. The number of hydrogen-bond acceptors (Lipinski definition) is 8. The molecule has 35 heavy (non-hydrogen) atoms. The zero-order chi connectivity index (χ0) is 23.9. The topological polar surface area (TPSA) is 150 Å². The molecular formula is C23H25N7O4S. The molecule has 4 N–H and O–H groups in total. The van der Waals surface area contributed by atoms with Gasteiger partial charge in [0.2, 0.25) is 5.88 Å². The fraction of sp³-hybridized carbons (Fsp3) is 0.435. The summed E-state index contributed by atoms with van der Waals surface area (Å²) in [6.45, 7) is 1.29. The zero-order valence-corrected chi connectivity index (χ0v) is 19.7. The Kier molecular flexibility index (Phi) is 5.69. The lowest BCUT2D eigenvalue weighted by Gasteiger charge is -2.12. The molecule has 0 bridgehead atoms. The third-order valence-corrected chi connectivity index (χ3v) is 7.58. The number of aromatic hydroxyl groups is 1. The number of aromatic nitrogens is 5. The Morgan fingerprint density at radius 3 is 3.00 bits per heavy atom. The first-order chi connectivity index (χ1) is 17.0. The Balaban J connectivity index is 1.30. The Hall–Kier alpha value is -3.38. The summed E-state index contributed by atoms with van der Waals surface area (Å²) in [6, 6.07) is 2.22. The van der Waals surface area contributed by atoms with E-state index in [2.05, 4.69) is 20.4 Å². The number of rotatable bonds is 6. The van der Waals surface area contributed by atoms with Crippen LogP contribution >= 0.6 is 11.8 Å². The molecule has 2 atom stereocenters. The molecule has 0 spiro atoms. The Morgan fingerprint density at radius 2 is 2.26 bits per heavy atom. The lowest BCUT2D eigenvalue weighted by molar-refractivity contribution is -0.117. The standard InChI is InChI=1S/C23H25N7O4S/c31-21-16(28-23(33)29-21)8-12-10-25-30-19(26-13-3-4-13)9-15(27-20(12)30)17-5-6-18(35-17)22(32)24-11-14-2-1-7-34-14/h6,8-10,13-14,17,31H,1-5,7,11H2,(H,24,32)(H2,28,29,33)/t14-,17?/m1/s1. The van der Waals surface area contributed by atoms with Crippen LogP contribution in [0, 0.1) is 0 Å². The number of amides is 1. The zero-order valence-electron chi connectivity index (χ0n) is 18.9. The highest BCUT2D eigenvalue weighted by molar-refractivity contribution is 8.04. The molecule has 6 rings (SSSR count). The molecule has 1 unspecified atom stereocenters. The Labute approximate surface area is 203 Å². The number of imidazole rings is 1. The van der Waals surface area contributed by atoms with Crippen molar-refractivity contribution in [2.24, 2.45) is 4.99 Å². The summed E-state index contributed by atoms with van der Waals surface area (Å²) < 4.78 is 7.27. The van der Waals surface area contributed by atoms with E-state index in [1.54, 1.807) is 16.8 Å². The second kappa shape index (κ2) is 9.00. The minimum atomic E-state index is -0.498. The monoisotopic (exact) mass is 495 g/mol. The molecule has 1 amide bonds. The second-order valence-corrected chi connectivity index (χ2v) is 10.2. The summed E-state index contributed by atoms with van der Waals surface area (Å²) in [5.74, 6) is -0.329. The van der Waals surface area contributed by atoms with Crippen LogP contribution in [-0.2, 0) is 9.53 Å². The maximum Gasteiger partial charge on any atom is 0.326 e. The van der Waals surface area contributed by atoms with Gasteiger partial charge in [0.25, 0.3) is 5.91 Å². The minimum Gasteiger partial charge on any atom is -0.493 e. The number of carbonyl (C=O) groups is 1. The number of fused-ring (bicyclic) bond motifs is 1. The summed E-state index contributed by atoms with van der Waals surface area (Å²) in [7, 11) is 0. The van der Waals surface area contributed by atoms with Crippen LogP contribution in [-0.4, -0.2) is 60.9 Å². The molecule has 0 radical (unpaired) electrons. The van der Waals surface area contributed by atoms with Gasteiger partial charge in [0, 0.05) is 24.4 Å². The van der Waals surface area contributed by atoms with Gasteiger partial charge in [0.15, 0.2) is 11.1 Å². The second-order valence-electron chi connectivity index (χ2n) is 8.98. The van der Waals surface area contributed by atoms with Crippen molar-refractivity contribution in [2.75, 3.05) is 13.2 Å². The quantitative estimate of drug-likeness (QED) is 0.387. The summed E-state index contributed by atoms with van der Waals surface area (Å²) in [5, 5.41) is 18.0. The third kappa shape index (κ3) is 4.63. The molecule has 182 valence electrons. The van der Waals surface area contributed by atoms with Crippen molar-refractivity contribution in [1.29, 1.82) is 0 Å². The lowest BCUT2D eigenvalue weighted by Crippen LogP contribution is -2.31. The van der Waals surface area contributed by atoms with Crippen LogP contribution in [0.2, 0.25) is 0 Å². The van der Waals surface area contributed by atoms with Crippen molar-refractivity contribution in [3.8, 4) is 5.88 Å². The molecule has 12 heteroatoms. The number of nitrogens with zero attached hydrogens (tertiary/aromatic N) is 4. The molecule has 0 aromatic carbocycles. The van der Waals surface area contributed by atoms with E-state index in [1.807, 2.05) is 12.1 Å². The van der Waals surface area contributed by atoms with Crippen molar-refractivity contribution >= 4 is 29.4 Å². The van der Waals surface area contributed by atoms with Crippen LogP contribution in [0.25, 0.3) is 11.7 Å². The van der Waals surface area contributed by atoms with Crippen LogP contribution in [0.4, 0.5) is 0 Å². The third-order valence-electron chi connectivity index (χ3n) is 6.25. The molecule has 11 nitrogen and oxygen atoms in total. The number of aromatic amines is 2. The number of hydrogen-bond donors (Lipinski definition) is 4. The maximum atomic E-state index is 12.7. The van der Waals surface area contributed by atoms with Gasteiger partial charge < -0.3 is 20.1 Å². The van der Waals surface area contributed by atoms with Crippen LogP contribution < -0.4 is 21.7 Å². The number of carbonyl (C=O) groups excluding carboxylic acids is 1. The highest BCUT2D eigenvalue weighted by Gasteiger charge is 2.27. The number of H-pyrrole nitrogens is 2. The van der Waals surface area contributed by atoms with Crippen molar-refractivity contribution in [2.45, 2.75) is 49.5 Å². The Morgan fingerprint density at radius 1 is 1.37 bits per heavy atom. The van der Waals surface area contributed by atoms with Crippen LogP contribution in [0.5, 0.6) is 5.88 Å². The Bertz CT molecular complexity index is 1490. The first-order valence-corrected chi connectivity index (χ1v) is 12.6. The van der Waals surface area contributed by atoms with E-state index in [0.29, 0.717) is 34.2 Å². The van der Waals surface area contributed by atoms with E-state index in [1.165, 1.54) is 11.8 Å². The van der Waals surface area contributed by atoms with Gasteiger partial charge in [-0.2, -0.15) is 9.61 Å². The maximum absolute atomic E-state index is 12.7. The summed E-state index contributed by atoms with van der Waals surface area (Å²) in [6.07, 6.45) is 10.1. The van der Waals surface area contributed by atoms with Crippen molar-refractivity contribution in [3.63, 3.8) is 0 Å². The molecule has 1 aliphatic carbocycles. The number of thioether (sulfide) groups is 1. The van der Waals surface area contributed by atoms with E-state index >= 15 is 0 Å². The SMILES string of the molecule is O=C(NC[C@H]1CCCO1)C1=CCC(c2cc(=NC3CC3)n3ncc(=Cc4[nH]c(=O)[nH]c4O)c3n2)S1. The molecule has 1 saturated heterocycles. The van der Waals surface area contributed by atoms with E-state index < -0.39 is 5.69 Å². The largest absolute Gasteiger partial charge is 0.493 e. The van der Waals surface area contributed by atoms with Crippen molar-refractivity contribution in [1.82, 2.24) is 29.9 Å². The highest BCUT2D eigenvalue weighted by atomic mass is 32.2. The van der Waals surface area contributed by atoms with Gasteiger partial charge in [0.05, 0.1) is 34.2 Å². The van der Waals surface area contributed by atoms with Gasteiger partial charge in [0.1, 0.15) is 5.69 Å². The molecule has 3 aromatic rings. The van der Waals surface area contributed by atoms with Crippen molar-refractivity contribution < 1.29 is 14.6 Å². The van der Waals surface area contributed by atoms with Gasteiger partial charge >= 0.3 is 5.69 Å². The van der Waals surface area contributed by atoms with Crippen molar-refractivity contribution in [3.05, 3.63) is 55.8 Å². The van der Waals surface area contributed by atoms with E-state index in [-0.39, 0.29) is 34.9 Å². The predicted molar refractivity (Wildman–Crippen MR) is 128 cm³/mol. The van der Waals surface area contributed by atoms with E-state index in [0.717, 1.165) is 38.0 Å². The molecule has 3 aromatic heterocycles. The fourth-order valence-electron chi connectivity index (χ4n) is 4.27. The van der Waals surface area contributed by atoms with Gasteiger partial charge in [-0.25, -0.2) is 9.78 Å². The summed E-state index contributed by atoms with van der Waals surface area (Å²) in [5.41, 5.74) is 1.83. The fourth-order valence-corrected chi connectivity index (χ4v) is 5.38. The molecule has 1 saturated carbocycles. The first kappa shape index (κ1) is 22.1. The van der Waals surface area contributed by atoms with E-state index in [9.17, 15) is 14.7 Å². The first-order valence-electron chi connectivity index (χ1n) is 11.8. The molecular weight excluding hydrogens is 470 g/mol. The lowest BCUT2D eigenvalue weighted by atomic mass is 10.2. The molecule has 2 fully saturated rings. The summed E-state index contributed by atoms with van der Waals surface area (Å²) in [4.78, 5) is 39.4. The number of ether oxygens (including phenoxy) is 1. The summed E-state index contributed by atoms with van der Waals surface area (Å²) >= 11 is 1.50. The van der Waals surface area contributed by atoms with Crippen LogP contribution in [0.3, 0.4) is 0 Å². The molecule has 5 heterocycles. The smallest absolute Gasteiger partial charge is 0.326 e. The van der Waals surface area contributed by atoms with Crippen LogP contribution in [0.1, 0.15) is 48.7 Å². The number of nitrogens with one attached hydrogen (secondary N) is 3. The minimum absolute atomic E-state index is 0.0279. The number of allylic oxidation sites excluding steroid dienone is 1. The van der Waals surface area contributed by atoms with Gasteiger partial charge in [-0.1, -0.05) is 6.08 Å². The van der Waals surface area contributed by atoms with Gasteiger partial charge in [-0.3, -0.25) is 14.8 Å². The van der Waals surface area contributed by atoms with Gasteiger partial charge in [-0.05, 0) is 38.2 Å². The normalized spacial score (nSPS) is 23.4. The average Bonchev–Trinajstić information content (AvgIpc) is 3.28. The average molecular weight is 496 g/mol. The van der Waals surface area contributed by atoms with Crippen LogP contribution in [0.15, 0.2) is 33.0 Å². The van der Waals surface area contributed by atoms with Gasteiger partial charge in [-0.15, -0.1) is 11.8 Å². The predicted octanol–water partition coefficient (Wildman–Crippen LogP) is 0.419. The molecule has 2 aliphatic heterocycles. The van der Waals surface area contributed by atoms with E-state index in [4.69, 9.17) is 14.7 Å². The highest BCUT2D eigenvalue weighted by Crippen LogP contribution is 2.42.